The molecule has 20 heavy (non-hydrogen) atoms. The summed E-state index contributed by atoms with van der Waals surface area (Å²) in [5.41, 5.74) is 3.25. The number of aromatic nitrogens is 3. The molecule has 108 valence electrons. The molecule has 0 saturated carbocycles. The fraction of sp³-hybridized carbons (Fsp3) is 0.533. The van der Waals surface area contributed by atoms with E-state index in [1.807, 2.05) is 6.92 Å². The van der Waals surface area contributed by atoms with Crippen LogP contribution in [0.5, 0.6) is 0 Å². The van der Waals surface area contributed by atoms with Crippen LogP contribution in [0.1, 0.15) is 45.5 Å². The topological polar surface area (TPSA) is 50.7 Å². The van der Waals surface area contributed by atoms with Crippen molar-refractivity contribution in [3.8, 4) is 10.6 Å². The van der Waals surface area contributed by atoms with Crippen LogP contribution in [0.25, 0.3) is 10.6 Å². The summed E-state index contributed by atoms with van der Waals surface area (Å²) in [6, 6.07) is 4.19. The van der Waals surface area contributed by atoms with Gasteiger partial charge in [-0.05, 0) is 25.5 Å². The van der Waals surface area contributed by atoms with Gasteiger partial charge in [-0.25, -0.2) is 0 Å². The van der Waals surface area contributed by atoms with Crippen LogP contribution >= 0.6 is 11.3 Å². The molecule has 0 fully saturated rings. The lowest BCUT2D eigenvalue weighted by molar-refractivity contribution is 0.567. The van der Waals surface area contributed by atoms with Crippen molar-refractivity contribution in [2.75, 3.05) is 11.9 Å². The van der Waals surface area contributed by atoms with Gasteiger partial charge in [0.05, 0.1) is 0 Å². The molecule has 2 rings (SSSR count). The summed E-state index contributed by atoms with van der Waals surface area (Å²) in [5.74, 6) is 0. The number of anilines is 1. The summed E-state index contributed by atoms with van der Waals surface area (Å²) < 4.78 is 0. The first-order chi connectivity index (χ1) is 9.41. The Labute approximate surface area is 124 Å². The zero-order valence-electron chi connectivity index (χ0n) is 12.8. The highest BCUT2D eigenvalue weighted by Gasteiger charge is 2.17. The molecule has 0 amide bonds. The molecular weight excluding hydrogens is 268 g/mol. The predicted octanol–water partition coefficient (Wildman–Crippen LogP) is 4.03. The van der Waals surface area contributed by atoms with Crippen molar-refractivity contribution in [3.05, 3.63) is 23.5 Å². The van der Waals surface area contributed by atoms with Crippen LogP contribution in [0.3, 0.4) is 0 Å². The van der Waals surface area contributed by atoms with Gasteiger partial charge in [0, 0.05) is 28.9 Å². The first-order valence-corrected chi connectivity index (χ1v) is 7.79. The second-order valence-corrected chi connectivity index (χ2v) is 6.90. The SMILES string of the molecule is CCCNc1nnc(-c2ccc(C(C)(C)C)nc2C)s1. The smallest absolute Gasteiger partial charge is 0.206 e. The molecule has 0 aliphatic rings. The maximum absolute atomic E-state index is 4.71. The van der Waals surface area contributed by atoms with Gasteiger partial charge in [0.15, 0.2) is 5.01 Å². The number of nitrogens with one attached hydrogen (secondary N) is 1. The molecule has 0 spiro atoms. The highest BCUT2D eigenvalue weighted by Crippen LogP contribution is 2.30. The average molecular weight is 290 g/mol. The Balaban J connectivity index is 2.27. The van der Waals surface area contributed by atoms with Gasteiger partial charge in [-0.2, -0.15) is 0 Å². The molecular formula is C15H22N4S. The van der Waals surface area contributed by atoms with Crippen LogP contribution in [-0.4, -0.2) is 21.7 Å². The summed E-state index contributed by atoms with van der Waals surface area (Å²) in [4.78, 5) is 4.71. The van der Waals surface area contributed by atoms with Crippen molar-refractivity contribution in [1.29, 1.82) is 0 Å². The van der Waals surface area contributed by atoms with Gasteiger partial charge >= 0.3 is 0 Å². The van der Waals surface area contributed by atoms with E-state index in [1.165, 1.54) is 0 Å². The number of aryl methyl sites for hydroxylation is 1. The molecule has 0 aliphatic carbocycles. The maximum Gasteiger partial charge on any atom is 0.206 e. The normalized spacial score (nSPS) is 11.7. The lowest BCUT2D eigenvalue weighted by atomic mass is 9.91. The van der Waals surface area contributed by atoms with Crippen molar-refractivity contribution in [3.63, 3.8) is 0 Å². The molecule has 0 atom stereocenters. The Morgan fingerprint density at radius 2 is 1.95 bits per heavy atom. The Bertz CT molecular complexity index is 584. The molecule has 1 N–H and O–H groups in total. The van der Waals surface area contributed by atoms with Gasteiger partial charge in [-0.15, -0.1) is 10.2 Å². The molecule has 0 saturated heterocycles. The van der Waals surface area contributed by atoms with E-state index in [1.54, 1.807) is 11.3 Å². The molecule has 0 bridgehead atoms. The number of hydrogen-bond donors (Lipinski definition) is 1. The second-order valence-electron chi connectivity index (χ2n) is 5.92. The minimum Gasteiger partial charge on any atom is -0.360 e. The number of nitrogens with zero attached hydrogens (tertiary/aromatic N) is 3. The first kappa shape index (κ1) is 14.9. The molecule has 2 heterocycles. The lowest BCUT2D eigenvalue weighted by Gasteiger charge is -2.18. The largest absolute Gasteiger partial charge is 0.360 e. The van der Waals surface area contributed by atoms with E-state index >= 15 is 0 Å². The minimum atomic E-state index is 0.0677. The summed E-state index contributed by atoms with van der Waals surface area (Å²) in [6.07, 6.45) is 1.08. The van der Waals surface area contributed by atoms with E-state index in [2.05, 4.69) is 55.3 Å². The van der Waals surface area contributed by atoms with Crippen molar-refractivity contribution < 1.29 is 0 Å². The molecule has 2 aromatic heterocycles. The van der Waals surface area contributed by atoms with E-state index in [9.17, 15) is 0 Å². The summed E-state index contributed by atoms with van der Waals surface area (Å²) in [7, 11) is 0. The van der Waals surface area contributed by atoms with Crippen LogP contribution in [0.2, 0.25) is 0 Å². The molecule has 0 unspecified atom stereocenters. The van der Waals surface area contributed by atoms with E-state index < -0.39 is 0 Å². The third-order valence-electron chi connectivity index (χ3n) is 3.04. The van der Waals surface area contributed by atoms with Gasteiger partial charge in [-0.3, -0.25) is 4.98 Å². The third kappa shape index (κ3) is 3.33. The van der Waals surface area contributed by atoms with Crippen molar-refractivity contribution in [2.24, 2.45) is 0 Å². The average Bonchev–Trinajstić information content (AvgIpc) is 2.83. The predicted molar refractivity (Wildman–Crippen MR) is 85.4 cm³/mol. The Hall–Kier alpha value is -1.49. The standard InChI is InChI=1S/C15H22N4S/c1-6-9-16-14-19-18-13(20-14)11-7-8-12(15(3,4)5)17-10(11)2/h7-8H,6,9H2,1-5H3,(H,16,19). The summed E-state index contributed by atoms with van der Waals surface area (Å²) >= 11 is 1.58. The van der Waals surface area contributed by atoms with Gasteiger partial charge in [0.1, 0.15) is 0 Å². The monoisotopic (exact) mass is 290 g/mol. The molecule has 4 nitrogen and oxygen atoms in total. The summed E-state index contributed by atoms with van der Waals surface area (Å²) in [6.45, 7) is 11.6. The third-order valence-corrected chi connectivity index (χ3v) is 3.95. The molecule has 0 aromatic carbocycles. The van der Waals surface area contributed by atoms with Gasteiger partial charge in [0.25, 0.3) is 0 Å². The molecule has 5 heteroatoms. The second kappa shape index (κ2) is 5.87. The van der Waals surface area contributed by atoms with Crippen LogP contribution in [-0.2, 0) is 5.41 Å². The van der Waals surface area contributed by atoms with E-state index in [-0.39, 0.29) is 5.41 Å². The van der Waals surface area contributed by atoms with Crippen molar-refractivity contribution in [1.82, 2.24) is 15.2 Å². The van der Waals surface area contributed by atoms with Gasteiger partial charge < -0.3 is 5.32 Å². The Morgan fingerprint density at radius 3 is 2.55 bits per heavy atom. The fourth-order valence-electron chi connectivity index (χ4n) is 1.84. The van der Waals surface area contributed by atoms with Crippen LogP contribution < -0.4 is 5.32 Å². The van der Waals surface area contributed by atoms with Gasteiger partial charge in [0.2, 0.25) is 5.13 Å². The van der Waals surface area contributed by atoms with Gasteiger partial charge in [-0.1, -0.05) is 39.0 Å². The highest BCUT2D eigenvalue weighted by molar-refractivity contribution is 7.18. The number of rotatable bonds is 4. The number of pyridine rings is 1. The maximum atomic E-state index is 4.71. The van der Waals surface area contributed by atoms with Crippen LogP contribution in [0.15, 0.2) is 12.1 Å². The van der Waals surface area contributed by atoms with E-state index in [0.29, 0.717) is 0 Å². The zero-order valence-corrected chi connectivity index (χ0v) is 13.6. The number of hydrogen-bond acceptors (Lipinski definition) is 5. The van der Waals surface area contributed by atoms with Crippen LogP contribution in [0.4, 0.5) is 5.13 Å². The van der Waals surface area contributed by atoms with Crippen LogP contribution in [0, 0.1) is 6.92 Å². The summed E-state index contributed by atoms with van der Waals surface area (Å²) in [5, 5.41) is 13.5. The highest BCUT2D eigenvalue weighted by atomic mass is 32.1. The lowest BCUT2D eigenvalue weighted by Crippen LogP contribution is -2.14. The Kier molecular flexibility index (Phi) is 4.38. The molecule has 0 aliphatic heterocycles. The van der Waals surface area contributed by atoms with E-state index in [4.69, 9.17) is 4.98 Å². The fourth-order valence-corrected chi connectivity index (χ4v) is 2.69. The minimum absolute atomic E-state index is 0.0677. The Morgan fingerprint density at radius 1 is 1.20 bits per heavy atom. The molecule has 0 radical (unpaired) electrons. The zero-order chi connectivity index (χ0) is 14.8. The first-order valence-electron chi connectivity index (χ1n) is 6.97. The van der Waals surface area contributed by atoms with Crippen molar-refractivity contribution in [2.45, 2.75) is 46.5 Å². The van der Waals surface area contributed by atoms with E-state index in [0.717, 1.165) is 40.1 Å². The molecule has 2 aromatic rings. The quantitative estimate of drug-likeness (QED) is 0.923. The van der Waals surface area contributed by atoms with Crippen molar-refractivity contribution >= 4 is 16.5 Å².